The Morgan fingerprint density at radius 3 is 2.82 bits per heavy atom. The molecule has 1 aliphatic heterocycles. The summed E-state index contributed by atoms with van der Waals surface area (Å²) in [5.74, 6) is 0.141. The zero-order valence-electron chi connectivity index (χ0n) is 15.2. The first-order chi connectivity index (χ1) is 13.6. The van der Waals surface area contributed by atoms with Gasteiger partial charge in [-0.3, -0.25) is 14.4 Å². The van der Waals surface area contributed by atoms with Crippen molar-refractivity contribution in [1.29, 1.82) is 0 Å². The predicted octanol–water partition coefficient (Wildman–Crippen LogP) is 1.43. The zero-order chi connectivity index (χ0) is 19.5. The molecule has 3 aromatic rings. The number of benzene rings is 1. The Labute approximate surface area is 160 Å². The third-order valence-electron chi connectivity index (χ3n) is 4.77. The van der Waals surface area contributed by atoms with Gasteiger partial charge in [0.2, 0.25) is 5.56 Å². The molecule has 0 saturated carbocycles. The second kappa shape index (κ2) is 7.77. The maximum absolute atomic E-state index is 13.0. The molecule has 8 nitrogen and oxygen atoms in total. The van der Waals surface area contributed by atoms with Crippen molar-refractivity contribution in [2.24, 2.45) is 0 Å². The van der Waals surface area contributed by atoms with E-state index < -0.39 is 0 Å². The average molecular weight is 380 g/mol. The topological polar surface area (TPSA) is 108 Å². The average Bonchev–Trinajstić information content (AvgIpc) is 3.21. The Balaban J connectivity index is 1.65. The van der Waals surface area contributed by atoms with E-state index in [1.165, 1.54) is 18.3 Å². The van der Waals surface area contributed by atoms with Crippen molar-refractivity contribution >= 4 is 16.8 Å². The molecular formula is C20H20N4O4. The fourth-order valence-corrected chi connectivity index (χ4v) is 3.37. The molecule has 3 heterocycles. The van der Waals surface area contributed by atoms with E-state index in [2.05, 4.69) is 15.0 Å². The number of ether oxygens (including phenoxy) is 1. The summed E-state index contributed by atoms with van der Waals surface area (Å²) in [6.45, 7) is 1.20. The number of aromatic amines is 2. The molecule has 0 unspecified atom stereocenters. The van der Waals surface area contributed by atoms with Crippen LogP contribution in [0.5, 0.6) is 0 Å². The number of fused-ring (bicyclic) bond motifs is 1. The molecule has 0 aliphatic carbocycles. The highest BCUT2D eigenvalue weighted by molar-refractivity contribution is 5.93. The minimum Gasteiger partial charge on any atom is -0.376 e. The summed E-state index contributed by atoms with van der Waals surface area (Å²) < 4.78 is 5.68. The van der Waals surface area contributed by atoms with Crippen LogP contribution in [0.3, 0.4) is 0 Å². The first-order valence-corrected chi connectivity index (χ1v) is 9.18. The van der Waals surface area contributed by atoms with Gasteiger partial charge in [0.1, 0.15) is 5.82 Å². The summed E-state index contributed by atoms with van der Waals surface area (Å²) in [5, 5.41) is 0.504. The molecular weight excluding hydrogens is 360 g/mol. The minimum absolute atomic E-state index is 0.0566. The van der Waals surface area contributed by atoms with Crippen LogP contribution < -0.4 is 11.1 Å². The van der Waals surface area contributed by atoms with Gasteiger partial charge in [0.25, 0.3) is 11.5 Å². The lowest BCUT2D eigenvalue weighted by Gasteiger charge is -2.25. The van der Waals surface area contributed by atoms with Gasteiger partial charge in [-0.05, 0) is 31.0 Å². The fraction of sp³-hybridized carbons (Fsp3) is 0.300. The van der Waals surface area contributed by atoms with Crippen molar-refractivity contribution in [1.82, 2.24) is 19.9 Å². The highest BCUT2D eigenvalue weighted by atomic mass is 16.5. The van der Waals surface area contributed by atoms with Crippen LogP contribution in [0, 0.1) is 0 Å². The van der Waals surface area contributed by atoms with Crippen LogP contribution in [0.4, 0.5) is 0 Å². The summed E-state index contributed by atoms with van der Waals surface area (Å²) in [4.78, 5) is 48.0. The predicted molar refractivity (Wildman–Crippen MR) is 103 cm³/mol. The number of nitrogens with zero attached hydrogens (tertiary/aromatic N) is 2. The molecule has 28 heavy (non-hydrogen) atoms. The number of amides is 1. The van der Waals surface area contributed by atoms with E-state index in [0.717, 1.165) is 12.8 Å². The molecule has 1 atom stereocenters. The van der Waals surface area contributed by atoms with Gasteiger partial charge in [-0.2, -0.15) is 0 Å². The van der Waals surface area contributed by atoms with E-state index in [1.807, 2.05) is 6.07 Å². The Morgan fingerprint density at radius 2 is 2.07 bits per heavy atom. The second-order valence-corrected chi connectivity index (χ2v) is 6.79. The maximum Gasteiger partial charge on any atom is 0.258 e. The summed E-state index contributed by atoms with van der Waals surface area (Å²) >= 11 is 0. The summed E-state index contributed by atoms with van der Waals surface area (Å²) in [6, 6.07) is 9.87. The van der Waals surface area contributed by atoms with Gasteiger partial charge in [-0.25, -0.2) is 4.98 Å². The van der Waals surface area contributed by atoms with Crippen molar-refractivity contribution < 1.29 is 9.53 Å². The quantitative estimate of drug-likeness (QED) is 0.696. The van der Waals surface area contributed by atoms with Crippen LogP contribution in [-0.4, -0.2) is 45.0 Å². The van der Waals surface area contributed by atoms with Gasteiger partial charge in [-0.1, -0.05) is 12.1 Å². The first kappa shape index (κ1) is 18.1. The zero-order valence-corrected chi connectivity index (χ0v) is 15.2. The number of pyridine rings is 1. The Bertz CT molecular complexity index is 1090. The lowest BCUT2D eigenvalue weighted by atomic mass is 10.2. The fourth-order valence-electron chi connectivity index (χ4n) is 3.37. The molecule has 8 heteroatoms. The smallest absolute Gasteiger partial charge is 0.258 e. The number of carbonyl (C=O) groups is 1. The lowest BCUT2D eigenvalue weighted by molar-refractivity contribution is 0.0501. The third kappa shape index (κ3) is 3.86. The molecule has 0 bridgehead atoms. The van der Waals surface area contributed by atoms with Crippen LogP contribution in [-0.2, 0) is 11.3 Å². The molecule has 0 radical (unpaired) electrons. The van der Waals surface area contributed by atoms with Gasteiger partial charge in [0.15, 0.2) is 0 Å². The largest absolute Gasteiger partial charge is 0.376 e. The standard InChI is InChI=1S/C20H20N4O4/c25-18-8-7-13(10-21-18)20(27)24(11-14-4-3-9-28-14)12-17-22-16-6-2-1-5-15(16)19(26)23-17/h1-2,5-8,10,14H,3-4,9,11-12H2,(H,21,25)(H,22,23,26)/t14-/m1/s1. The number of rotatable bonds is 5. The van der Waals surface area contributed by atoms with Crippen LogP contribution in [0.2, 0.25) is 0 Å². The number of H-pyrrole nitrogens is 2. The number of aromatic nitrogens is 3. The van der Waals surface area contributed by atoms with E-state index >= 15 is 0 Å². The summed E-state index contributed by atoms with van der Waals surface area (Å²) in [5.41, 5.74) is 0.424. The monoisotopic (exact) mass is 380 g/mol. The number of nitrogens with one attached hydrogen (secondary N) is 2. The Hall–Kier alpha value is -3.26. The molecule has 1 fully saturated rings. The highest BCUT2D eigenvalue weighted by Gasteiger charge is 2.24. The van der Waals surface area contributed by atoms with Gasteiger partial charge in [-0.15, -0.1) is 0 Å². The molecule has 1 saturated heterocycles. The molecule has 1 aromatic carbocycles. The SMILES string of the molecule is O=C(c1ccc(=O)[nH]c1)N(Cc1nc2ccccc2c(=O)[nH]1)C[C@H]1CCCO1. The van der Waals surface area contributed by atoms with Crippen molar-refractivity contribution in [2.45, 2.75) is 25.5 Å². The number of carbonyl (C=O) groups excluding carboxylic acids is 1. The van der Waals surface area contributed by atoms with Gasteiger partial charge in [0.05, 0.1) is 29.1 Å². The minimum atomic E-state index is -0.275. The molecule has 1 aliphatic rings. The summed E-state index contributed by atoms with van der Waals surface area (Å²) in [6.07, 6.45) is 3.16. The van der Waals surface area contributed by atoms with E-state index in [9.17, 15) is 14.4 Å². The Morgan fingerprint density at radius 1 is 1.21 bits per heavy atom. The van der Waals surface area contributed by atoms with Crippen molar-refractivity contribution in [3.05, 3.63) is 74.7 Å². The molecule has 1 amide bonds. The number of hydrogen-bond donors (Lipinski definition) is 2. The molecule has 2 N–H and O–H groups in total. The Kier molecular flexibility index (Phi) is 5.03. The normalized spacial score (nSPS) is 16.4. The van der Waals surface area contributed by atoms with Gasteiger partial charge in [0, 0.05) is 25.4 Å². The highest BCUT2D eigenvalue weighted by Crippen LogP contribution is 2.16. The van der Waals surface area contributed by atoms with Gasteiger partial charge >= 0.3 is 0 Å². The molecule has 144 valence electrons. The third-order valence-corrected chi connectivity index (χ3v) is 4.77. The first-order valence-electron chi connectivity index (χ1n) is 9.18. The van der Waals surface area contributed by atoms with E-state index in [0.29, 0.717) is 35.4 Å². The van der Waals surface area contributed by atoms with E-state index in [4.69, 9.17) is 4.74 Å². The number of hydrogen-bond acceptors (Lipinski definition) is 5. The maximum atomic E-state index is 13.0. The second-order valence-electron chi connectivity index (χ2n) is 6.79. The van der Waals surface area contributed by atoms with Crippen LogP contribution >= 0.6 is 0 Å². The van der Waals surface area contributed by atoms with Crippen molar-refractivity contribution in [3.63, 3.8) is 0 Å². The molecule has 0 spiro atoms. The van der Waals surface area contributed by atoms with Crippen molar-refractivity contribution in [2.75, 3.05) is 13.2 Å². The van der Waals surface area contributed by atoms with Gasteiger partial charge < -0.3 is 19.6 Å². The number of para-hydroxylation sites is 1. The van der Waals surface area contributed by atoms with Crippen LogP contribution in [0.25, 0.3) is 10.9 Å². The van der Waals surface area contributed by atoms with E-state index in [-0.39, 0.29) is 29.7 Å². The van der Waals surface area contributed by atoms with Crippen LogP contribution in [0.15, 0.2) is 52.2 Å². The summed E-state index contributed by atoms with van der Waals surface area (Å²) in [7, 11) is 0. The molecule has 4 rings (SSSR count). The molecule has 2 aromatic heterocycles. The van der Waals surface area contributed by atoms with E-state index in [1.54, 1.807) is 23.1 Å². The van der Waals surface area contributed by atoms with Crippen LogP contribution in [0.1, 0.15) is 29.0 Å². The lowest BCUT2D eigenvalue weighted by Crippen LogP contribution is -2.38. The van der Waals surface area contributed by atoms with Crippen molar-refractivity contribution in [3.8, 4) is 0 Å².